The molecule has 16 heavy (non-hydrogen) atoms. The maximum absolute atomic E-state index is 5.97. The standard InChI is InChI=1S/C12H14ClN3/c1-2-11-7-10(8-14)15-16(11)12-5-3-4-9(13)6-12/h3-7H,2,8,14H2,1H3. The summed E-state index contributed by atoms with van der Waals surface area (Å²) in [5.74, 6) is 0. The lowest BCUT2D eigenvalue weighted by Crippen LogP contribution is -2.02. The third kappa shape index (κ3) is 2.10. The van der Waals surface area contributed by atoms with E-state index in [1.165, 1.54) is 0 Å². The quantitative estimate of drug-likeness (QED) is 0.889. The molecule has 0 spiro atoms. The Morgan fingerprint density at radius 2 is 2.19 bits per heavy atom. The van der Waals surface area contributed by atoms with Crippen molar-refractivity contribution in [2.45, 2.75) is 19.9 Å². The van der Waals surface area contributed by atoms with E-state index in [0.29, 0.717) is 11.6 Å². The van der Waals surface area contributed by atoms with Crippen molar-refractivity contribution in [3.8, 4) is 5.69 Å². The van der Waals surface area contributed by atoms with Gasteiger partial charge in [-0.15, -0.1) is 0 Å². The molecule has 0 fully saturated rings. The second-order valence-corrected chi connectivity index (χ2v) is 4.01. The maximum atomic E-state index is 5.97. The monoisotopic (exact) mass is 235 g/mol. The van der Waals surface area contributed by atoms with E-state index in [0.717, 1.165) is 23.5 Å². The van der Waals surface area contributed by atoms with Crippen LogP contribution in [0.2, 0.25) is 5.02 Å². The molecule has 2 aromatic rings. The zero-order valence-corrected chi connectivity index (χ0v) is 9.91. The molecule has 0 radical (unpaired) electrons. The maximum Gasteiger partial charge on any atom is 0.0767 e. The fraction of sp³-hybridized carbons (Fsp3) is 0.250. The lowest BCUT2D eigenvalue weighted by atomic mass is 10.2. The van der Waals surface area contributed by atoms with E-state index in [2.05, 4.69) is 12.0 Å². The molecule has 84 valence electrons. The van der Waals surface area contributed by atoms with Gasteiger partial charge >= 0.3 is 0 Å². The van der Waals surface area contributed by atoms with E-state index in [4.69, 9.17) is 17.3 Å². The van der Waals surface area contributed by atoms with Crippen LogP contribution in [0, 0.1) is 0 Å². The highest BCUT2D eigenvalue weighted by Crippen LogP contribution is 2.17. The first-order chi connectivity index (χ1) is 7.74. The van der Waals surface area contributed by atoms with E-state index in [1.807, 2.05) is 35.0 Å². The Hall–Kier alpha value is -1.32. The third-order valence-electron chi connectivity index (χ3n) is 2.46. The Balaban J connectivity index is 2.50. The minimum absolute atomic E-state index is 0.459. The molecular weight excluding hydrogens is 222 g/mol. The molecule has 4 heteroatoms. The number of benzene rings is 1. The molecular formula is C12H14ClN3. The van der Waals surface area contributed by atoms with Gasteiger partial charge in [-0.1, -0.05) is 24.6 Å². The van der Waals surface area contributed by atoms with Gasteiger partial charge in [0.1, 0.15) is 0 Å². The first kappa shape index (κ1) is 11.2. The molecule has 0 aliphatic rings. The highest BCUT2D eigenvalue weighted by molar-refractivity contribution is 6.30. The number of nitrogens with zero attached hydrogens (tertiary/aromatic N) is 2. The molecule has 0 unspecified atom stereocenters. The van der Waals surface area contributed by atoms with Crippen molar-refractivity contribution in [1.82, 2.24) is 9.78 Å². The topological polar surface area (TPSA) is 43.8 Å². The van der Waals surface area contributed by atoms with Gasteiger partial charge in [-0.2, -0.15) is 5.10 Å². The predicted octanol–water partition coefficient (Wildman–Crippen LogP) is 2.55. The number of rotatable bonds is 3. The molecule has 0 aliphatic carbocycles. The van der Waals surface area contributed by atoms with Crippen molar-refractivity contribution in [3.63, 3.8) is 0 Å². The fourth-order valence-corrected chi connectivity index (χ4v) is 1.84. The van der Waals surface area contributed by atoms with Crippen LogP contribution in [0.1, 0.15) is 18.3 Å². The van der Waals surface area contributed by atoms with Crippen molar-refractivity contribution in [1.29, 1.82) is 0 Å². The van der Waals surface area contributed by atoms with Gasteiger partial charge < -0.3 is 5.73 Å². The Morgan fingerprint density at radius 3 is 2.81 bits per heavy atom. The molecule has 0 atom stereocenters. The minimum atomic E-state index is 0.459. The van der Waals surface area contributed by atoms with Gasteiger partial charge in [0.05, 0.1) is 11.4 Å². The summed E-state index contributed by atoms with van der Waals surface area (Å²) >= 11 is 5.97. The van der Waals surface area contributed by atoms with Crippen LogP contribution in [0.4, 0.5) is 0 Å². The van der Waals surface area contributed by atoms with E-state index in [-0.39, 0.29) is 0 Å². The number of hydrogen-bond acceptors (Lipinski definition) is 2. The summed E-state index contributed by atoms with van der Waals surface area (Å²) in [6.45, 7) is 2.55. The Morgan fingerprint density at radius 1 is 1.38 bits per heavy atom. The Kier molecular flexibility index (Phi) is 3.27. The number of halogens is 1. The van der Waals surface area contributed by atoms with E-state index < -0.39 is 0 Å². The molecule has 2 N–H and O–H groups in total. The number of hydrogen-bond donors (Lipinski definition) is 1. The van der Waals surface area contributed by atoms with Crippen molar-refractivity contribution >= 4 is 11.6 Å². The highest BCUT2D eigenvalue weighted by atomic mass is 35.5. The second kappa shape index (κ2) is 4.68. The Labute approximate surface area is 99.8 Å². The summed E-state index contributed by atoms with van der Waals surface area (Å²) in [7, 11) is 0. The van der Waals surface area contributed by atoms with Gasteiger partial charge in [0.2, 0.25) is 0 Å². The molecule has 0 amide bonds. The molecule has 2 rings (SSSR count). The van der Waals surface area contributed by atoms with Crippen LogP contribution in [0.5, 0.6) is 0 Å². The summed E-state index contributed by atoms with van der Waals surface area (Å²) in [4.78, 5) is 0. The molecule has 0 saturated carbocycles. The van der Waals surface area contributed by atoms with Crippen LogP contribution < -0.4 is 5.73 Å². The van der Waals surface area contributed by atoms with Crippen LogP contribution in [-0.4, -0.2) is 9.78 Å². The van der Waals surface area contributed by atoms with Crippen molar-refractivity contribution in [2.24, 2.45) is 5.73 Å². The molecule has 1 aromatic carbocycles. The van der Waals surface area contributed by atoms with Crippen molar-refractivity contribution in [2.75, 3.05) is 0 Å². The number of aryl methyl sites for hydroxylation is 1. The van der Waals surface area contributed by atoms with Crippen molar-refractivity contribution in [3.05, 3.63) is 46.7 Å². The summed E-state index contributed by atoms with van der Waals surface area (Å²) < 4.78 is 1.90. The fourth-order valence-electron chi connectivity index (χ4n) is 1.66. The van der Waals surface area contributed by atoms with Crippen LogP contribution >= 0.6 is 11.6 Å². The smallest absolute Gasteiger partial charge is 0.0767 e. The summed E-state index contributed by atoms with van der Waals surface area (Å²) in [6, 6.07) is 9.68. The average Bonchev–Trinajstić information content (AvgIpc) is 2.72. The SMILES string of the molecule is CCc1cc(CN)nn1-c1cccc(Cl)c1. The molecule has 1 aromatic heterocycles. The highest BCUT2D eigenvalue weighted by Gasteiger charge is 2.07. The predicted molar refractivity (Wildman–Crippen MR) is 65.8 cm³/mol. The zero-order chi connectivity index (χ0) is 11.5. The third-order valence-corrected chi connectivity index (χ3v) is 2.69. The van der Waals surface area contributed by atoms with Crippen LogP contribution in [-0.2, 0) is 13.0 Å². The number of aromatic nitrogens is 2. The molecule has 0 saturated heterocycles. The van der Waals surface area contributed by atoms with Gasteiger partial charge in [0, 0.05) is 17.3 Å². The van der Waals surface area contributed by atoms with Crippen LogP contribution in [0.25, 0.3) is 5.69 Å². The van der Waals surface area contributed by atoms with Gasteiger partial charge in [0.15, 0.2) is 0 Å². The van der Waals surface area contributed by atoms with Gasteiger partial charge in [-0.25, -0.2) is 4.68 Å². The Bertz CT molecular complexity index is 491. The van der Waals surface area contributed by atoms with Crippen molar-refractivity contribution < 1.29 is 0 Å². The second-order valence-electron chi connectivity index (χ2n) is 3.58. The molecule has 1 heterocycles. The van der Waals surface area contributed by atoms with E-state index >= 15 is 0 Å². The van der Waals surface area contributed by atoms with Gasteiger partial charge in [0.25, 0.3) is 0 Å². The van der Waals surface area contributed by atoms with E-state index in [9.17, 15) is 0 Å². The molecule has 0 bridgehead atoms. The average molecular weight is 236 g/mol. The molecule has 3 nitrogen and oxygen atoms in total. The first-order valence-electron chi connectivity index (χ1n) is 5.28. The van der Waals surface area contributed by atoms with Gasteiger partial charge in [-0.3, -0.25) is 0 Å². The summed E-state index contributed by atoms with van der Waals surface area (Å²) in [5.41, 5.74) is 8.61. The summed E-state index contributed by atoms with van der Waals surface area (Å²) in [5, 5.41) is 5.16. The number of nitrogens with two attached hydrogens (primary N) is 1. The lowest BCUT2D eigenvalue weighted by molar-refractivity contribution is 0.790. The van der Waals surface area contributed by atoms with Crippen LogP contribution in [0.3, 0.4) is 0 Å². The van der Waals surface area contributed by atoms with E-state index in [1.54, 1.807) is 0 Å². The molecule has 0 aliphatic heterocycles. The lowest BCUT2D eigenvalue weighted by Gasteiger charge is -2.05. The van der Waals surface area contributed by atoms with Gasteiger partial charge in [-0.05, 0) is 30.7 Å². The zero-order valence-electron chi connectivity index (χ0n) is 9.15. The minimum Gasteiger partial charge on any atom is -0.325 e. The largest absolute Gasteiger partial charge is 0.325 e. The first-order valence-corrected chi connectivity index (χ1v) is 5.66. The summed E-state index contributed by atoms with van der Waals surface area (Å²) in [6.07, 6.45) is 0.916. The normalized spacial score (nSPS) is 10.7. The van der Waals surface area contributed by atoms with Crippen LogP contribution in [0.15, 0.2) is 30.3 Å².